The molecule has 1 aromatic heterocycles. The van der Waals surface area contributed by atoms with Gasteiger partial charge in [-0.1, -0.05) is 25.1 Å². The van der Waals surface area contributed by atoms with Crippen molar-refractivity contribution in [2.75, 3.05) is 32.7 Å². The molecule has 0 fully saturated rings. The van der Waals surface area contributed by atoms with Gasteiger partial charge in [0.25, 0.3) is 0 Å². The second kappa shape index (κ2) is 9.28. The van der Waals surface area contributed by atoms with Crippen molar-refractivity contribution in [2.24, 2.45) is 0 Å². The number of hydrogen-bond acceptors (Lipinski definition) is 4. The minimum atomic E-state index is -0.180. The summed E-state index contributed by atoms with van der Waals surface area (Å²) in [4.78, 5) is 14.3. The number of nitrogens with one attached hydrogen (secondary N) is 1. The summed E-state index contributed by atoms with van der Waals surface area (Å²) < 4.78 is 16.4. The molecular weight excluding hydrogens is 356 g/mol. The molecule has 0 aliphatic rings. The molecule has 0 aliphatic carbocycles. The SMILES string of the molecule is CCc1oc2ccccc2c1CN(C)C(=O)Nc1ccc(OCCOC)cc1. The summed E-state index contributed by atoms with van der Waals surface area (Å²) in [6.07, 6.45) is 0.782. The van der Waals surface area contributed by atoms with Crippen LogP contribution in [0.3, 0.4) is 0 Å². The van der Waals surface area contributed by atoms with Gasteiger partial charge in [0.05, 0.1) is 13.2 Å². The monoisotopic (exact) mass is 382 g/mol. The highest BCUT2D eigenvalue weighted by Gasteiger charge is 2.17. The van der Waals surface area contributed by atoms with Crippen molar-refractivity contribution >= 4 is 22.7 Å². The van der Waals surface area contributed by atoms with Crippen LogP contribution in [0.1, 0.15) is 18.2 Å². The zero-order valence-electron chi connectivity index (χ0n) is 16.5. The number of rotatable bonds is 8. The summed E-state index contributed by atoms with van der Waals surface area (Å²) in [5.41, 5.74) is 2.62. The highest BCUT2D eigenvalue weighted by atomic mass is 16.5. The Morgan fingerprint density at radius 3 is 2.57 bits per heavy atom. The van der Waals surface area contributed by atoms with E-state index < -0.39 is 0 Å². The third-order valence-corrected chi connectivity index (χ3v) is 4.51. The van der Waals surface area contributed by atoms with E-state index in [2.05, 4.69) is 12.2 Å². The molecule has 0 saturated carbocycles. The summed E-state index contributed by atoms with van der Waals surface area (Å²) in [5.74, 6) is 1.65. The summed E-state index contributed by atoms with van der Waals surface area (Å²) in [5, 5.41) is 3.96. The van der Waals surface area contributed by atoms with Gasteiger partial charge < -0.3 is 24.1 Å². The van der Waals surface area contributed by atoms with E-state index in [0.717, 1.165) is 34.5 Å². The molecule has 6 heteroatoms. The van der Waals surface area contributed by atoms with Crippen LogP contribution in [0.5, 0.6) is 5.75 Å². The zero-order valence-corrected chi connectivity index (χ0v) is 16.5. The van der Waals surface area contributed by atoms with Gasteiger partial charge in [-0.05, 0) is 30.3 Å². The van der Waals surface area contributed by atoms with Crippen LogP contribution in [-0.2, 0) is 17.7 Å². The van der Waals surface area contributed by atoms with E-state index in [1.54, 1.807) is 19.1 Å². The van der Waals surface area contributed by atoms with E-state index in [1.807, 2.05) is 48.5 Å². The zero-order chi connectivity index (χ0) is 19.9. The predicted molar refractivity (Wildman–Crippen MR) is 110 cm³/mol. The summed E-state index contributed by atoms with van der Waals surface area (Å²) in [6, 6.07) is 15.0. The van der Waals surface area contributed by atoms with Crippen LogP contribution >= 0.6 is 0 Å². The van der Waals surface area contributed by atoms with Gasteiger partial charge in [0.1, 0.15) is 23.7 Å². The van der Waals surface area contributed by atoms with Gasteiger partial charge in [0, 0.05) is 37.2 Å². The Balaban J connectivity index is 1.64. The number of benzene rings is 2. The maximum atomic E-state index is 12.6. The van der Waals surface area contributed by atoms with Crippen LogP contribution in [0, 0.1) is 0 Å². The summed E-state index contributed by atoms with van der Waals surface area (Å²) >= 11 is 0. The fourth-order valence-corrected chi connectivity index (χ4v) is 3.01. The number of anilines is 1. The molecule has 1 heterocycles. The molecule has 1 N–H and O–H groups in total. The number of furan rings is 1. The van der Waals surface area contributed by atoms with Crippen LogP contribution in [0.15, 0.2) is 52.9 Å². The van der Waals surface area contributed by atoms with Crippen molar-refractivity contribution in [1.82, 2.24) is 4.90 Å². The normalized spacial score (nSPS) is 10.8. The number of para-hydroxylation sites is 1. The largest absolute Gasteiger partial charge is 0.491 e. The first kappa shape index (κ1) is 19.8. The molecule has 0 atom stereocenters. The second-order valence-electron chi connectivity index (χ2n) is 6.51. The van der Waals surface area contributed by atoms with Gasteiger partial charge in [0.15, 0.2) is 0 Å². The number of hydrogen-bond donors (Lipinski definition) is 1. The fraction of sp³-hybridized carbons (Fsp3) is 0.318. The maximum absolute atomic E-state index is 12.6. The van der Waals surface area contributed by atoms with Crippen molar-refractivity contribution in [3.05, 3.63) is 59.9 Å². The third-order valence-electron chi connectivity index (χ3n) is 4.51. The first-order chi connectivity index (χ1) is 13.6. The molecule has 0 spiro atoms. The van der Waals surface area contributed by atoms with E-state index >= 15 is 0 Å². The van der Waals surface area contributed by atoms with Crippen molar-refractivity contribution < 1.29 is 18.7 Å². The molecule has 3 aromatic rings. The number of urea groups is 1. The number of nitrogens with zero attached hydrogens (tertiary/aromatic N) is 1. The summed E-state index contributed by atoms with van der Waals surface area (Å²) in [7, 11) is 3.41. The van der Waals surface area contributed by atoms with Gasteiger partial charge >= 0.3 is 6.03 Å². The molecule has 0 aliphatic heterocycles. The average molecular weight is 382 g/mol. The molecule has 6 nitrogen and oxygen atoms in total. The van der Waals surface area contributed by atoms with Crippen molar-refractivity contribution in [3.8, 4) is 5.75 Å². The lowest BCUT2D eigenvalue weighted by Crippen LogP contribution is -2.31. The predicted octanol–water partition coefficient (Wildman–Crippen LogP) is 4.68. The van der Waals surface area contributed by atoms with E-state index in [4.69, 9.17) is 13.9 Å². The number of methoxy groups -OCH3 is 1. The van der Waals surface area contributed by atoms with E-state index in [9.17, 15) is 4.79 Å². The van der Waals surface area contributed by atoms with Gasteiger partial charge in [-0.3, -0.25) is 0 Å². The number of ether oxygens (including phenoxy) is 2. The van der Waals surface area contributed by atoms with Gasteiger partial charge in [0.2, 0.25) is 0 Å². The summed E-state index contributed by atoms with van der Waals surface area (Å²) in [6.45, 7) is 3.55. The number of carbonyl (C=O) groups is 1. The van der Waals surface area contributed by atoms with Crippen LogP contribution in [-0.4, -0.2) is 38.3 Å². The Morgan fingerprint density at radius 2 is 1.86 bits per heavy atom. The quantitative estimate of drug-likeness (QED) is 0.574. The molecular formula is C22H26N2O4. The first-order valence-electron chi connectivity index (χ1n) is 9.35. The highest BCUT2D eigenvalue weighted by Crippen LogP contribution is 2.27. The van der Waals surface area contributed by atoms with E-state index in [0.29, 0.717) is 25.4 Å². The number of aryl methyl sites for hydroxylation is 1. The molecule has 0 saturated heterocycles. The van der Waals surface area contributed by atoms with E-state index in [1.165, 1.54) is 0 Å². The number of carbonyl (C=O) groups excluding carboxylic acids is 1. The van der Waals surface area contributed by atoms with Gasteiger partial charge in [-0.15, -0.1) is 0 Å². The van der Waals surface area contributed by atoms with Crippen LogP contribution in [0.4, 0.5) is 10.5 Å². The molecule has 3 rings (SSSR count). The standard InChI is InChI=1S/C22H26N2O4/c1-4-20-19(18-7-5-6-8-21(18)28-20)15-24(2)22(25)23-16-9-11-17(12-10-16)27-14-13-26-3/h5-12H,4,13-15H2,1-3H3,(H,23,25). The van der Waals surface area contributed by atoms with Crippen LogP contribution in [0.25, 0.3) is 11.0 Å². The third kappa shape index (κ3) is 4.64. The van der Waals surface area contributed by atoms with Crippen molar-refractivity contribution in [3.63, 3.8) is 0 Å². The van der Waals surface area contributed by atoms with Crippen molar-refractivity contribution in [1.29, 1.82) is 0 Å². The van der Waals surface area contributed by atoms with Crippen LogP contribution in [0.2, 0.25) is 0 Å². The lowest BCUT2D eigenvalue weighted by atomic mass is 10.1. The van der Waals surface area contributed by atoms with Gasteiger partial charge in [-0.2, -0.15) is 0 Å². The molecule has 2 amide bonds. The minimum Gasteiger partial charge on any atom is -0.491 e. The smallest absolute Gasteiger partial charge is 0.321 e. The molecule has 2 aromatic carbocycles. The topological polar surface area (TPSA) is 63.9 Å². The Bertz CT molecular complexity index is 918. The molecule has 28 heavy (non-hydrogen) atoms. The molecule has 148 valence electrons. The highest BCUT2D eigenvalue weighted by molar-refractivity contribution is 5.90. The lowest BCUT2D eigenvalue weighted by Gasteiger charge is -2.18. The minimum absolute atomic E-state index is 0.180. The number of fused-ring (bicyclic) bond motifs is 1. The molecule has 0 radical (unpaired) electrons. The van der Waals surface area contributed by atoms with Crippen LogP contribution < -0.4 is 10.1 Å². The molecule has 0 bridgehead atoms. The Labute approximate surface area is 165 Å². The first-order valence-corrected chi connectivity index (χ1v) is 9.35. The average Bonchev–Trinajstić information content (AvgIpc) is 3.07. The maximum Gasteiger partial charge on any atom is 0.321 e. The fourth-order valence-electron chi connectivity index (χ4n) is 3.01. The molecule has 0 unspecified atom stereocenters. The lowest BCUT2D eigenvalue weighted by molar-refractivity contribution is 0.146. The second-order valence-corrected chi connectivity index (χ2v) is 6.51. The van der Waals surface area contributed by atoms with E-state index in [-0.39, 0.29) is 6.03 Å². The van der Waals surface area contributed by atoms with Crippen molar-refractivity contribution in [2.45, 2.75) is 19.9 Å². The Hall–Kier alpha value is -2.99. The van der Waals surface area contributed by atoms with Gasteiger partial charge in [-0.25, -0.2) is 4.79 Å². The number of amides is 2. The Kier molecular flexibility index (Phi) is 6.55. The Morgan fingerprint density at radius 1 is 1.11 bits per heavy atom.